The van der Waals surface area contributed by atoms with E-state index in [0.29, 0.717) is 19.3 Å². The monoisotopic (exact) mass is 821 g/mol. The van der Waals surface area contributed by atoms with Gasteiger partial charge in [0.25, 0.3) is 0 Å². The molecule has 0 aromatic heterocycles. The van der Waals surface area contributed by atoms with Gasteiger partial charge in [0.1, 0.15) is 13.2 Å². The number of hydrogen-bond acceptors (Lipinski definition) is 6. The van der Waals surface area contributed by atoms with E-state index in [0.717, 1.165) is 69.6 Å². The number of esters is 3. The first-order valence-corrected chi connectivity index (χ1v) is 25.7. The minimum Gasteiger partial charge on any atom is -0.462 e. The second kappa shape index (κ2) is 44.9. The zero-order valence-electron chi connectivity index (χ0n) is 39.7. The van der Waals surface area contributed by atoms with Crippen LogP contribution < -0.4 is 0 Å². The minimum absolute atomic E-state index is 0.0641. The van der Waals surface area contributed by atoms with Gasteiger partial charge in [-0.3, -0.25) is 14.4 Å². The average molecular weight is 821 g/mol. The number of hydrogen-bond donors (Lipinski definition) is 0. The Balaban J connectivity index is 4.27. The molecule has 0 bridgehead atoms. The van der Waals surface area contributed by atoms with Crippen LogP contribution in [0.3, 0.4) is 0 Å². The quantitative estimate of drug-likeness (QED) is 0.0346. The van der Waals surface area contributed by atoms with Crippen molar-refractivity contribution in [2.24, 2.45) is 11.8 Å². The molecule has 0 aromatic carbocycles. The Hall–Kier alpha value is -1.59. The molecule has 6 heteroatoms. The van der Waals surface area contributed by atoms with Crippen molar-refractivity contribution < 1.29 is 28.6 Å². The summed E-state index contributed by atoms with van der Waals surface area (Å²) in [5, 5.41) is 0. The zero-order valence-corrected chi connectivity index (χ0v) is 39.7. The third-order valence-corrected chi connectivity index (χ3v) is 11.7. The van der Waals surface area contributed by atoms with Gasteiger partial charge in [-0.1, -0.05) is 247 Å². The van der Waals surface area contributed by atoms with Crippen LogP contribution in [-0.2, 0) is 28.6 Å². The summed E-state index contributed by atoms with van der Waals surface area (Å²) in [5.41, 5.74) is 0. The van der Waals surface area contributed by atoms with Crippen LogP contribution in [-0.4, -0.2) is 37.2 Å². The van der Waals surface area contributed by atoms with Crippen molar-refractivity contribution in [3.8, 4) is 0 Å². The van der Waals surface area contributed by atoms with Crippen molar-refractivity contribution in [2.75, 3.05) is 13.2 Å². The molecule has 0 rings (SSSR count). The van der Waals surface area contributed by atoms with Gasteiger partial charge in [0.05, 0.1) is 0 Å². The lowest BCUT2D eigenvalue weighted by Crippen LogP contribution is -2.30. The Morgan fingerprint density at radius 2 is 0.569 bits per heavy atom. The van der Waals surface area contributed by atoms with Gasteiger partial charge in [-0.05, 0) is 31.1 Å². The maximum absolute atomic E-state index is 12.8. The van der Waals surface area contributed by atoms with Gasteiger partial charge in [0, 0.05) is 19.3 Å². The fraction of sp³-hybridized carbons (Fsp3) is 0.942. The third kappa shape index (κ3) is 45.5. The van der Waals surface area contributed by atoms with E-state index in [1.54, 1.807) is 0 Å². The second-order valence-corrected chi connectivity index (χ2v) is 18.8. The fourth-order valence-electron chi connectivity index (χ4n) is 7.81. The molecule has 0 aromatic rings. The summed E-state index contributed by atoms with van der Waals surface area (Å²) in [5.74, 6) is 0.775. The van der Waals surface area contributed by atoms with Crippen LogP contribution in [0.4, 0.5) is 0 Å². The summed E-state index contributed by atoms with van der Waals surface area (Å²) in [6.45, 7) is 11.3. The van der Waals surface area contributed by atoms with Crippen molar-refractivity contribution in [2.45, 2.75) is 291 Å². The fourth-order valence-corrected chi connectivity index (χ4v) is 7.81. The Morgan fingerprint density at radius 1 is 0.328 bits per heavy atom. The van der Waals surface area contributed by atoms with Crippen LogP contribution in [0, 0.1) is 11.8 Å². The zero-order chi connectivity index (χ0) is 42.6. The minimum atomic E-state index is -0.761. The second-order valence-electron chi connectivity index (χ2n) is 18.8. The number of rotatable bonds is 46. The van der Waals surface area contributed by atoms with Crippen LogP contribution in [0.15, 0.2) is 0 Å². The first kappa shape index (κ1) is 56.4. The molecule has 0 aliphatic heterocycles. The maximum Gasteiger partial charge on any atom is 0.306 e. The molecule has 0 saturated heterocycles. The normalized spacial score (nSPS) is 12.1. The van der Waals surface area contributed by atoms with Gasteiger partial charge in [0.15, 0.2) is 6.10 Å². The number of carbonyl (C=O) groups excluding carboxylic acids is 3. The molecule has 0 radical (unpaired) electrons. The molecule has 1 atom stereocenters. The highest BCUT2D eigenvalue weighted by molar-refractivity contribution is 5.71. The Morgan fingerprint density at radius 3 is 0.845 bits per heavy atom. The molecule has 0 N–H and O–H groups in total. The van der Waals surface area contributed by atoms with E-state index in [2.05, 4.69) is 34.6 Å². The lowest BCUT2D eigenvalue weighted by molar-refractivity contribution is -0.167. The highest BCUT2D eigenvalue weighted by Crippen LogP contribution is 2.17. The molecule has 0 unspecified atom stereocenters. The van der Waals surface area contributed by atoms with Gasteiger partial charge in [0.2, 0.25) is 0 Å². The standard InChI is InChI=1S/C52H100O6/c1-6-7-8-9-10-11-12-15-20-23-28-34-39-44-52(55)58-49(46-57-51(54)43-38-33-29-24-26-31-36-41-48(4)5)45-56-50(53)42-37-32-27-22-19-17-14-13-16-18-21-25-30-35-40-47(2)3/h47-49H,6-46H2,1-5H3/t49-/m0/s1. The molecule has 0 saturated carbocycles. The van der Waals surface area contributed by atoms with E-state index in [1.165, 1.54) is 173 Å². The molecule has 0 amide bonds. The summed E-state index contributed by atoms with van der Waals surface area (Å²) in [7, 11) is 0. The smallest absolute Gasteiger partial charge is 0.306 e. The Kier molecular flexibility index (Phi) is 43.7. The molecule has 0 aliphatic rings. The van der Waals surface area contributed by atoms with Gasteiger partial charge >= 0.3 is 17.9 Å². The third-order valence-electron chi connectivity index (χ3n) is 11.7. The molecular weight excluding hydrogens is 721 g/mol. The highest BCUT2D eigenvalue weighted by Gasteiger charge is 2.19. The lowest BCUT2D eigenvalue weighted by Gasteiger charge is -2.18. The topological polar surface area (TPSA) is 78.9 Å². The van der Waals surface area contributed by atoms with Gasteiger partial charge in [-0.15, -0.1) is 0 Å². The molecule has 0 heterocycles. The molecule has 0 aliphatic carbocycles. The molecular formula is C52H100O6. The highest BCUT2D eigenvalue weighted by atomic mass is 16.6. The van der Waals surface area contributed by atoms with Crippen molar-refractivity contribution in [3.63, 3.8) is 0 Å². The summed E-state index contributed by atoms with van der Waals surface area (Å²) in [6.07, 6.45) is 45.2. The van der Waals surface area contributed by atoms with E-state index in [1.807, 2.05) is 0 Å². The first-order chi connectivity index (χ1) is 28.2. The largest absolute Gasteiger partial charge is 0.462 e. The van der Waals surface area contributed by atoms with Crippen LogP contribution >= 0.6 is 0 Å². The number of carbonyl (C=O) groups is 3. The van der Waals surface area contributed by atoms with Crippen LogP contribution in [0.5, 0.6) is 0 Å². The SMILES string of the molecule is CCCCCCCCCCCCCCCC(=O)O[C@@H](COC(=O)CCCCCCCCCCCCCCCCC(C)C)COC(=O)CCCCCCCCCC(C)C. The van der Waals surface area contributed by atoms with E-state index in [9.17, 15) is 14.4 Å². The molecule has 344 valence electrons. The molecule has 58 heavy (non-hydrogen) atoms. The molecule has 0 spiro atoms. The average Bonchev–Trinajstić information content (AvgIpc) is 3.19. The van der Waals surface area contributed by atoms with Gasteiger partial charge in [-0.25, -0.2) is 0 Å². The lowest BCUT2D eigenvalue weighted by atomic mass is 10.0. The van der Waals surface area contributed by atoms with Crippen LogP contribution in [0.1, 0.15) is 285 Å². The van der Waals surface area contributed by atoms with Crippen LogP contribution in [0.2, 0.25) is 0 Å². The van der Waals surface area contributed by atoms with E-state index < -0.39 is 6.10 Å². The van der Waals surface area contributed by atoms with E-state index in [-0.39, 0.29) is 31.1 Å². The van der Waals surface area contributed by atoms with E-state index >= 15 is 0 Å². The molecule has 6 nitrogen and oxygen atoms in total. The van der Waals surface area contributed by atoms with Crippen molar-refractivity contribution in [3.05, 3.63) is 0 Å². The van der Waals surface area contributed by atoms with E-state index in [4.69, 9.17) is 14.2 Å². The Bertz CT molecular complexity index is 885. The summed E-state index contributed by atoms with van der Waals surface area (Å²) in [4.78, 5) is 37.9. The maximum atomic E-state index is 12.8. The number of ether oxygens (including phenoxy) is 3. The Labute approximate surface area is 361 Å². The van der Waals surface area contributed by atoms with Gasteiger partial charge in [-0.2, -0.15) is 0 Å². The predicted molar refractivity (Wildman–Crippen MR) is 247 cm³/mol. The summed E-state index contributed by atoms with van der Waals surface area (Å²) >= 11 is 0. The van der Waals surface area contributed by atoms with Crippen LogP contribution in [0.25, 0.3) is 0 Å². The number of unbranched alkanes of at least 4 members (excludes halogenated alkanes) is 31. The van der Waals surface area contributed by atoms with Crippen molar-refractivity contribution in [1.82, 2.24) is 0 Å². The summed E-state index contributed by atoms with van der Waals surface area (Å²) < 4.78 is 16.8. The van der Waals surface area contributed by atoms with Crippen molar-refractivity contribution in [1.29, 1.82) is 0 Å². The van der Waals surface area contributed by atoms with Crippen molar-refractivity contribution >= 4 is 17.9 Å². The first-order valence-electron chi connectivity index (χ1n) is 25.7. The summed E-state index contributed by atoms with van der Waals surface area (Å²) in [6, 6.07) is 0. The van der Waals surface area contributed by atoms with Gasteiger partial charge < -0.3 is 14.2 Å². The molecule has 0 fully saturated rings. The predicted octanol–water partition coefficient (Wildman–Crippen LogP) is 16.5.